The Labute approximate surface area is 379 Å². The molecule has 0 aliphatic heterocycles. The van der Waals surface area contributed by atoms with Crippen molar-refractivity contribution < 1.29 is 24.5 Å². The molecule has 358 valence electrons. The van der Waals surface area contributed by atoms with Crippen LogP contribution in [0.3, 0.4) is 0 Å². The summed E-state index contributed by atoms with van der Waals surface area (Å²) >= 11 is 0. The summed E-state index contributed by atoms with van der Waals surface area (Å²) in [6, 6.07) is -0.640. The average molecular weight is 858 g/mol. The largest absolute Gasteiger partial charge is 0.466 e. The predicted molar refractivity (Wildman–Crippen MR) is 264 cm³/mol. The van der Waals surface area contributed by atoms with Crippen LogP contribution >= 0.6 is 0 Å². The van der Waals surface area contributed by atoms with E-state index in [1.165, 1.54) is 180 Å². The number of ether oxygens (including phenoxy) is 1. The molecule has 0 spiro atoms. The van der Waals surface area contributed by atoms with E-state index in [1.54, 1.807) is 6.08 Å². The van der Waals surface area contributed by atoms with Crippen LogP contribution in [0.25, 0.3) is 0 Å². The van der Waals surface area contributed by atoms with Gasteiger partial charge < -0.3 is 20.3 Å². The van der Waals surface area contributed by atoms with E-state index in [0.29, 0.717) is 19.4 Å². The van der Waals surface area contributed by atoms with Gasteiger partial charge in [0.05, 0.1) is 25.4 Å². The lowest BCUT2D eigenvalue weighted by Gasteiger charge is -2.20. The van der Waals surface area contributed by atoms with E-state index in [1.807, 2.05) is 6.08 Å². The van der Waals surface area contributed by atoms with E-state index in [-0.39, 0.29) is 18.5 Å². The highest BCUT2D eigenvalue weighted by atomic mass is 16.5. The van der Waals surface area contributed by atoms with Crippen LogP contribution in [0.15, 0.2) is 36.5 Å². The molecule has 0 bridgehead atoms. The van der Waals surface area contributed by atoms with Gasteiger partial charge in [0, 0.05) is 12.8 Å². The first-order valence-corrected chi connectivity index (χ1v) is 26.8. The summed E-state index contributed by atoms with van der Waals surface area (Å²) in [6.45, 7) is 4.84. The molecule has 3 N–H and O–H groups in total. The second-order valence-corrected chi connectivity index (χ2v) is 18.2. The van der Waals surface area contributed by atoms with Crippen LogP contribution in [0.2, 0.25) is 0 Å². The topological polar surface area (TPSA) is 95.9 Å². The van der Waals surface area contributed by atoms with Gasteiger partial charge in [-0.15, -0.1) is 0 Å². The summed E-state index contributed by atoms with van der Waals surface area (Å²) < 4.78 is 5.46. The molecule has 0 radical (unpaired) electrons. The third kappa shape index (κ3) is 47.4. The number of hydrogen-bond acceptors (Lipinski definition) is 5. The molecule has 0 rings (SSSR count). The van der Waals surface area contributed by atoms with Crippen molar-refractivity contribution in [2.75, 3.05) is 13.2 Å². The number of amides is 1. The Bertz CT molecular complexity index is 993. The van der Waals surface area contributed by atoms with E-state index in [4.69, 9.17) is 4.74 Å². The van der Waals surface area contributed by atoms with Gasteiger partial charge in [-0.3, -0.25) is 9.59 Å². The van der Waals surface area contributed by atoms with E-state index < -0.39 is 12.1 Å². The molecule has 0 aromatic carbocycles. The highest BCUT2D eigenvalue weighted by Crippen LogP contribution is 2.16. The first kappa shape index (κ1) is 59.1. The number of allylic oxidation sites excluding steroid dienone is 5. The second-order valence-electron chi connectivity index (χ2n) is 18.2. The quantitative estimate of drug-likeness (QED) is 0.0322. The fourth-order valence-corrected chi connectivity index (χ4v) is 8.02. The SMILES string of the molecule is CCCCCC/C=C\C/C=C\CCCCCCCC(=O)OCCCCCCCCCCCCCCC(=O)NC(CO)C(O)/C=C/CCCCCCCCCCCCCCCC. The van der Waals surface area contributed by atoms with Gasteiger partial charge in [-0.05, 0) is 64.2 Å². The third-order valence-electron chi connectivity index (χ3n) is 12.2. The maximum Gasteiger partial charge on any atom is 0.305 e. The van der Waals surface area contributed by atoms with Crippen LogP contribution in [0.1, 0.15) is 277 Å². The molecule has 0 heterocycles. The molecule has 1 amide bonds. The Morgan fingerprint density at radius 1 is 0.459 bits per heavy atom. The van der Waals surface area contributed by atoms with Gasteiger partial charge in [0.25, 0.3) is 0 Å². The monoisotopic (exact) mass is 858 g/mol. The van der Waals surface area contributed by atoms with E-state index in [9.17, 15) is 19.8 Å². The fourth-order valence-electron chi connectivity index (χ4n) is 8.02. The summed E-state index contributed by atoms with van der Waals surface area (Å²) in [4.78, 5) is 24.5. The lowest BCUT2D eigenvalue weighted by Crippen LogP contribution is -2.45. The number of unbranched alkanes of at least 4 members (excludes halogenated alkanes) is 34. The van der Waals surface area contributed by atoms with Gasteiger partial charge in [-0.1, -0.05) is 237 Å². The minimum atomic E-state index is -0.855. The molecule has 6 heteroatoms. The summed E-state index contributed by atoms with van der Waals surface area (Å²) in [7, 11) is 0. The van der Waals surface area contributed by atoms with Crippen molar-refractivity contribution in [2.24, 2.45) is 0 Å². The number of esters is 1. The molecule has 61 heavy (non-hydrogen) atoms. The van der Waals surface area contributed by atoms with Gasteiger partial charge in [-0.2, -0.15) is 0 Å². The number of carbonyl (C=O) groups is 2. The lowest BCUT2D eigenvalue weighted by molar-refractivity contribution is -0.143. The van der Waals surface area contributed by atoms with Crippen molar-refractivity contribution >= 4 is 11.9 Å². The smallest absolute Gasteiger partial charge is 0.305 e. The molecule has 6 nitrogen and oxygen atoms in total. The Morgan fingerprint density at radius 3 is 1.26 bits per heavy atom. The number of nitrogens with one attached hydrogen (secondary N) is 1. The zero-order valence-electron chi connectivity index (χ0n) is 40.6. The highest BCUT2D eigenvalue weighted by molar-refractivity contribution is 5.76. The van der Waals surface area contributed by atoms with Gasteiger partial charge >= 0.3 is 5.97 Å². The summed E-state index contributed by atoms with van der Waals surface area (Å²) in [5, 5.41) is 23.1. The van der Waals surface area contributed by atoms with Crippen molar-refractivity contribution in [1.29, 1.82) is 0 Å². The van der Waals surface area contributed by atoms with Crippen LogP contribution in [0.5, 0.6) is 0 Å². The van der Waals surface area contributed by atoms with Crippen LogP contribution in [0, 0.1) is 0 Å². The van der Waals surface area contributed by atoms with Crippen molar-refractivity contribution in [3.8, 4) is 0 Å². The first-order valence-electron chi connectivity index (χ1n) is 26.8. The molecule has 0 aromatic rings. The van der Waals surface area contributed by atoms with Gasteiger partial charge in [0.15, 0.2) is 0 Å². The van der Waals surface area contributed by atoms with Crippen LogP contribution < -0.4 is 5.32 Å². The lowest BCUT2D eigenvalue weighted by atomic mass is 10.0. The zero-order chi connectivity index (χ0) is 44.4. The Kier molecular flexibility index (Phi) is 49.1. The molecular formula is C55H103NO5. The van der Waals surface area contributed by atoms with Crippen molar-refractivity contribution in [2.45, 2.75) is 289 Å². The normalized spacial score (nSPS) is 12.9. The number of hydrogen-bond donors (Lipinski definition) is 3. The number of aliphatic hydroxyl groups excluding tert-OH is 2. The molecule has 0 aliphatic rings. The first-order chi connectivity index (χ1) is 30.0. The van der Waals surface area contributed by atoms with Crippen molar-refractivity contribution in [3.05, 3.63) is 36.5 Å². The number of aliphatic hydroxyl groups is 2. The standard InChI is InChI=1S/C55H103NO5/c1-3-5-7-9-11-13-15-17-19-21-23-27-31-35-39-43-47-53(58)52(51-57)56-54(59)48-44-40-36-32-28-25-26-30-34-38-42-46-50-61-55(60)49-45-41-37-33-29-24-22-20-18-16-14-12-10-8-6-4-2/h14,16,20,22,43,47,52-53,57-58H,3-13,15,17-19,21,23-42,44-46,48-51H2,1-2H3,(H,56,59)/b16-14-,22-20-,47-43+. The Hall–Kier alpha value is -1.92. The van der Waals surface area contributed by atoms with Gasteiger partial charge in [0.1, 0.15) is 0 Å². The van der Waals surface area contributed by atoms with Gasteiger partial charge in [-0.25, -0.2) is 0 Å². The average Bonchev–Trinajstić information content (AvgIpc) is 3.26. The molecule has 0 saturated heterocycles. The Balaban J connectivity index is 3.51. The minimum Gasteiger partial charge on any atom is -0.466 e. The van der Waals surface area contributed by atoms with Crippen molar-refractivity contribution in [1.82, 2.24) is 5.32 Å². The zero-order valence-corrected chi connectivity index (χ0v) is 40.6. The molecular weight excluding hydrogens is 755 g/mol. The molecule has 2 unspecified atom stereocenters. The Morgan fingerprint density at radius 2 is 0.820 bits per heavy atom. The van der Waals surface area contributed by atoms with Crippen LogP contribution in [0.4, 0.5) is 0 Å². The maximum atomic E-state index is 12.4. The summed E-state index contributed by atoms with van der Waals surface area (Å²) in [6.07, 6.45) is 61.4. The fraction of sp³-hybridized carbons (Fsp3) is 0.855. The second kappa shape index (κ2) is 50.7. The third-order valence-corrected chi connectivity index (χ3v) is 12.2. The maximum absolute atomic E-state index is 12.4. The van der Waals surface area contributed by atoms with Crippen molar-refractivity contribution in [3.63, 3.8) is 0 Å². The summed E-state index contributed by atoms with van der Waals surface area (Å²) in [5.74, 6) is -0.109. The summed E-state index contributed by atoms with van der Waals surface area (Å²) in [5.41, 5.74) is 0. The molecule has 0 saturated carbocycles. The number of carbonyl (C=O) groups excluding carboxylic acids is 2. The van der Waals surface area contributed by atoms with Crippen LogP contribution in [-0.4, -0.2) is 47.4 Å². The highest BCUT2D eigenvalue weighted by Gasteiger charge is 2.18. The van der Waals surface area contributed by atoms with Gasteiger partial charge in [0.2, 0.25) is 5.91 Å². The molecule has 0 fully saturated rings. The van der Waals surface area contributed by atoms with E-state index in [2.05, 4.69) is 43.5 Å². The molecule has 0 aromatic heterocycles. The molecule has 0 aliphatic carbocycles. The van der Waals surface area contributed by atoms with E-state index >= 15 is 0 Å². The van der Waals surface area contributed by atoms with E-state index in [0.717, 1.165) is 70.6 Å². The molecule has 2 atom stereocenters. The minimum absolute atomic E-state index is 0.0245. The predicted octanol–water partition coefficient (Wildman–Crippen LogP) is 16.1. The number of rotatable bonds is 49. The van der Waals surface area contributed by atoms with Crippen LogP contribution in [-0.2, 0) is 14.3 Å².